The lowest BCUT2D eigenvalue weighted by Crippen LogP contribution is -2.35. The molecule has 1 atom stereocenters. The van der Waals surface area contributed by atoms with Crippen molar-refractivity contribution in [1.82, 2.24) is 30.1 Å². The molecule has 0 saturated heterocycles. The predicted octanol–water partition coefficient (Wildman–Crippen LogP) is 2.92. The molecule has 32 heavy (non-hydrogen) atoms. The number of H-pyrrole nitrogens is 1. The smallest absolute Gasteiger partial charge is 0.361 e. The van der Waals surface area contributed by atoms with Crippen molar-refractivity contribution in [2.75, 3.05) is 6.54 Å². The second-order valence-corrected chi connectivity index (χ2v) is 8.27. The molecule has 8 nitrogen and oxygen atoms in total. The van der Waals surface area contributed by atoms with E-state index in [1.54, 1.807) is 6.07 Å². The van der Waals surface area contributed by atoms with E-state index in [1.165, 1.54) is 16.0 Å². The van der Waals surface area contributed by atoms with E-state index < -0.39 is 5.69 Å². The summed E-state index contributed by atoms with van der Waals surface area (Å²) < 4.78 is 2.26. The number of carbonyl (C=O) groups is 1. The van der Waals surface area contributed by atoms with Crippen LogP contribution in [0.5, 0.6) is 0 Å². The van der Waals surface area contributed by atoms with Gasteiger partial charge < -0.3 is 10.3 Å². The molecule has 3 heterocycles. The molecule has 0 bridgehead atoms. The maximum Gasteiger partial charge on any atom is 0.369 e. The topological polar surface area (TPSA) is 97.6 Å². The first-order chi connectivity index (χ1) is 15.7. The first-order valence-corrected chi connectivity index (χ1v) is 11.0. The molecule has 0 aliphatic rings. The number of aromatic nitrogens is 5. The summed E-state index contributed by atoms with van der Waals surface area (Å²) in [6.07, 6.45) is 1.99. The van der Waals surface area contributed by atoms with Crippen LogP contribution in [-0.2, 0) is 11.3 Å². The standard InChI is InChI=1S/C23H20N6O2S/c30-21(15-28-23(31)29(27-26-28)22-11-6-12-32-22)25-13-18(16-7-2-1-3-8-16)19-14-24-20-10-5-4-9-17(19)20/h1-12,14,18,24H,13,15H2,(H,25,30)/t18-/m1/s1. The van der Waals surface area contributed by atoms with Gasteiger partial charge in [0.25, 0.3) is 0 Å². The normalized spacial score (nSPS) is 12.1. The summed E-state index contributed by atoms with van der Waals surface area (Å²) in [4.78, 5) is 28.5. The van der Waals surface area contributed by atoms with Gasteiger partial charge in [0.15, 0.2) is 0 Å². The lowest BCUT2D eigenvalue weighted by atomic mass is 9.91. The lowest BCUT2D eigenvalue weighted by molar-refractivity contribution is -0.121. The van der Waals surface area contributed by atoms with Crippen LogP contribution in [-0.4, -0.2) is 37.2 Å². The Balaban J connectivity index is 1.35. The Morgan fingerprint density at radius 3 is 2.66 bits per heavy atom. The van der Waals surface area contributed by atoms with Gasteiger partial charge >= 0.3 is 5.69 Å². The van der Waals surface area contributed by atoms with E-state index in [9.17, 15) is 9.59 Å². The molecule has 0 saturated carbocycles. The van der Waals surface area contributed by atoms with Gasteiger partial charge in [0.2, 0.25) is 5.91 Å². The molecule has 9 heteroatoms. The number of nitrogens with zero attached hydrogens (tertiary/aromatic N) is 4. The summed E-state index contributed by atoms with van der Waals surface area (Å²) >= 11 is 1.38. The molecule has 0 fully saturated rings. The minimum absolute atomic E-state index is 0.0465. The Labute approximate surface area is 187 Å². The SMILES string of the molecule is O=C(Cn1nnn(-c2cccs2)c1=O)NC[C@H](c1ccccc1)c1c[nH]c2ccccc12. The minimum Gasteiger partial charge on any atom is -0.361 e. The van der Waals surface area contributed by atoms with Crippen LogP contribution in [0, 0.1) is 0 Å². The van der Waals surface area contributed by atoms with Crippen molar-refractivity contribution in [3.63, 3.8) is 0 Å². The summed E-state index contributed by atoms with van der Waals surface area (Å²) in [7, 11) is 0. The van der Waals surface area contributed by atoms with E-state index in [1.807, 2.05) is 54.0 Å². The molecular formula is C23H20N6O2S. The molecule has 0 radical (unpaired) electrons. The van der Waals surface area contributed by atoms with E-state index in [0.29, 0.717) is 11.5 Å². The van der Waals surface area contributed by atoms with Crippen molar-refractivity contribution in [1.29, 1.82) is 0 Å². The number of hydrogen-bond acceptors (Lipinski definition) is 5. The fraction of sp³-hybridized carbons (Fsp3) is 0.130. The second-order valence-electron chi connectivity index (χ2n) is 7.34. The number of hydrogen-bond donors (Lipinski definition) is 2. The Bertz CT molecular complexity index is 1400. The van der Waals surface area contributed by atoms with Crippen molar-refractivity contribution in [2.24, 2.45) is 0 Å². The lowest BCUT2D eigenvalue weighted by Gasteiger charge is -2.18. The van der Waals surface area contributed by atoms with Crippen LogP contribution >= 0.6 is 11.3 Å². The third-order valence-electron chi connectivity index (χ3n) is 5.35. The van der Waals surface area contributed by atoms with Crippen molar-refractivity contribution in [2.45, 2.75) is 12.5 Å². The summed E-state index contributed by atoms with van der Waals surface area (Å²) in [5, 5.41) is 14.3. The average molecular weight is 445 g/mol. The van der Waals surface area contributed by atoms with Gasteiger partial charge in [0.05, 0.1) is 0 Å². The van der Waals surface area contributed by atoms with E-state index in [4.69, 9.17) is 0 Å². The molecule has 1 amide bonds. The molecule has 5 aromatic rings. The molecule has 2 aromatic carbocycles. The molecule has 0 spiro atoms. The summed E-state index contributed by atoms with van der Waals surface area (Å²) in [6.45, 7) is 0.193. The first kappa shape index (κ1) is 20.0. The van der Waals surface area contributed by atoms with Gasteiger partial charge in [-0.3, -0.25) is 4.79 Å². The summed E-state index contributed by atoms with van der Waals surface area (Å²) in [5.74, 6) is -0.346. The van der Waals surface area contributed by atoms with Crippen molar-refractivity contribution in [3.05, 3.63) is 99.9 Å². The number of fused-ring (bicyclic) bond motifs is 1. The Hall–Kier alpha value is -3.98. The number of nitrogens with one attached hydrogen (secondary N) is 2. The predicted molar refractivity (Wildman–Crippen MR) is 123 cm³/mol. The maximum atomic E-state index is 12.7. The molecule has 160 valence electrons. The van der Waals surface area contributed by atoms with Crippen molar-refractivity contribution in [3.8, 4) is 5.00 Å². The van der Waals surface area contributed by atoms with Crippen LogP contribution in [0.4, 0.5) is 0 Å². The second kappa shape index (κ2) is 8.64. The van der Waals surface area contributed by atoms with Crippen molar-refractivity contribution < 1.29 is 4.79 Å². The number of rotatable bonds is 7. The molecule has 5 rings (SSSR count). The third kappa shape index (κ3) is 3.85. The highest BCUT2D eigenvalue weighted by molar-refractivity contribution is 7.12. The van der Waals surface area contributed by atoms with Crippen LogP contribution in [0.1, 0.15) is 17.0 Å². The number of para-hydroxylation sites is 1. The van der Waals surface area contributed by atoms with Gasteiger partial charge in [-0.2, -0.15) is 9.36 Å². The average Bonchev–Trinajstić information content (AvgIpc) is 3.56. The van der Waals surface area contributed by atoms with Crippen LogP contribution in [0.2, 0.25) is 0 Å². The van der Waals surface area contributed by atoms with Gasteiger partial charge in [0.1, 0.15) is 11.5 Å². The molecular weight excluding hydrogens is 424 g/mol. The Morgan fingerprint density at radius 1 is 1.03 bits per heavy atom. The Kier molecular flexibility index (Phi) is 5.39. The van der Waals surface area contributed by atoms with Crippen molar-refractivity contribution >= 4 is 28.1 Å². The molecule has 0 aliphatic carbocycles. The fourth-order valence-electron chi connectivity index (χ4n) is 3.78. The zero-order chi connectivity index (χ0) is 21.9. The van der Waals surface area contributed by atoms with Gasteiger partial charge in [-0.05, 0) is 45.1 Å². The monoisotopic (exact) mass is 444 g/mol. The van der Waals surface area contributed by atoms with Gasteiger partial charge in [-0.1, -0.05) is 48.5 Å². The number of carbonyl (C=O) groups excluding carboxylic acids is 1. The highest BCUT2D eigenvalue weighted by atomic mass is 32.1. The largest absolute Gasteiger partial charge is 0.369 e. The van der Waals surface area contributed by atoms with Crippen LogP contribution in [0.15, 0.2) is 83.1 Å². The maximum absolute atomic E-state index is 12.7. The summed E-state index contributed by atoms with van der Waals surface area (Å²) in [6, 6.07) is 21.7. The molecule has 3 aromatic heterocycles. The number of benzene rings is 2. The zero-order valence-corrected chi connectivity index (χ0v) is 17.8. The number of tetrazole rings is 1. The quantitative estimate of drug-likeness (QED) is 0.403. The molecule has 0 unspecified atom stereocenters. The van der Waals surface area contributed by atoms with Crippen LogP contribution < -0.4 is 11.0 Å². The highest BCUT2D eigenvalue weighted by Gasteiger charge is 2.20. The zero-order valence-electron chi connectivity index (χ0n) is 17.0. The number of amides is 1. The van der Waals surface area contributed by atoms with E-state index in [0.717, 1.165) is 26.7 Å². The number of thiophene rings is 1. The van der Waals surface area contributed by atoms with E-state index >= 15 is 0 Å². The molecule has 2 N–H and O–H groups in total. The molecule has 0 aliphatic heterocycles. The van der Waals surface area contributed by atoms with Crippen LogP contribution in [0.3, 0.4) is 0 Å². The van der Waals surface area contributed by atoms with Crippen LogP contribution in [0.25, 0.3) is 15.9 Å². The summed E-state index contributed by atoms with van der Waals surface area (Å²) in [5.41, 5.74) is 2.80. The number of aromatic amines is 1. The van der Waals surface area contributed by atoms with E-state index in [-0.39, 0.29) is 18.4 Å². The van der Waals surface area contributed by atoms with Gasteiger partial charge in [0, 0.05) is 29.6 Å². The fourth-order valence-corrected chi connectivity index (χ4v) is 4.45. The Morgan fingerprint density at radius 2 is 1.84 bits per heavy atom. The highest BCUT2D eigenvalue weighted by Crippen LogP contribution is 2.30. The first-order valence-electron chi connectivity index (χ1n) is 10.1. The third-order valence-corrected chi connectivity index (χ3v) is 6.19. The van der Waals surface area contributed by atoms with E-state index in [2.05, 4.69) is 38.9 Å². The van der Waals surface area contributed by atoms with Gasteiger partial charge in [-0.25, -0.2) is 4.79 Å². The van der Waals surface area contributed by atoms with Gasteiger partial charge in [-0.15, -0.1) is 11.3 Å². The minimum atomic E-state index is -0.446.